The van der Waals surface area contributed by atoms with Crippen LogP contribution in [0.3, 0.4) is 0 Å². The molecule has 0 spiro atoms. The van der Waals surface area contributed by atoms with E-state index in [-0.39, 0.29) is 5.91 Å². The molecular formula is C24H23ClN2O2. The predicted molar refractivity (Wildman–Crippen MR) is 120 cm³/mol. The molecule has 0 fully saturated rings. The molecule has 148 valence electrons. The van der Waals surface area contributed by atoms with Gasteiger partial charge in [0, 0.05) is 39.1 Å². The minimum absolute atomic E-state index is 0.198. The van der Waals surface area contributed by atoms with Crippen molar-refractivity contribution >= 4 is 45.0 Å². The van der Waals surface area contributed by atoms with Gasteiger partial charge in [-0.1, -0.05) is 29.8 Å². The molecule has 1 heterocycles. The largest absolute Gasteiger partial charge is 0.481 e. The third-order valence-electron chi connectivity index (χ3n) is 5.17. The molecule has 0 bridgehead atoms. The highest BCUT2D eigenvalue weighted by molar-refractivity contribution is 6.31. The van der Waals surface area contributed by atoms with E-state index in [0.29, 0.717) is 10.8 Å². The molecule has 0 unspecified atom stereocenters. The van der Waals surface area contributed by atoms with E-state index in [1.165, 1.54) is 10.9 Å². The van der Waals surface area contributed by atoms with Crippen molar-refractivity contribution in [3.8, 4) is 5.75 Å². The van der Waals surface area contributed by atoms with E-state index in [1.807, 2.05) is 37.3 Å². The van der Waals surface area contributed by atoms with Crippen molar-refractivity contribution in [1.82, 2.24) is 4.57 Å². The molecule has 5 heteroatoms. The number of nitrogens with one attached hydrogen (secondary N) is 1. The van der Waals surface area contributed by atoms with Crippen molar-refractivity contribution in [2.24, 2.45) is 0 Å². The topological polar surface area (TPSA) is 43.3 Å². The van der Waals surface area contributed by atoms with E-state index in [9.17, 15) is 4.79 Å². The number of para-hydroxylation sites is 1. The highest BCUT2D eigenvalue weighted by Crippen LogP contribution is 2.31. The molecule has 1 N–H and O–H groups in total. The Morgan fingerprint density at radius 1 is 1.07 bits per heavy atom. The van der Waals surface area contributed by atoms with Crippen molar-refractivity contribution < 1.29 is 9.53 Å². The first kappa shape index (κ1) is 19.3. The Kier molecular flexibility index (Phi) is 5.20. The molecule has 4 nitrogen and oxygen atoms in total. The summed E-state index contributed by atoms with van der Waals surface area (Å²) in [6, 6.07) is 19.7. The molecule has 29 heavy (non-hydrogen) atoms. The zero-order valence-electron chi connectivity index (χ0n) is 16.7. The lowest BCUT2D eigenvalue weighted by Gasteiger charge is -2.15. The Hall–Kier alpha value is -2.98. The van der Waals surface area contributed by atoms with Gasteiger partial charge < -0.3 is 14.6 Å². The highest BCUT2D eigenvalue weighted by Gasteiger charge is 2.16. The summed E-state index contributed by atoms with van der Waals surface area (Å²) in [4.78, 5) is 12.7. The number of aromatic nitrogens is 1. The fourth-order valence-corrected chi connectivity index (χ4v) is 3.78. The lowest BCUT2D eigenvalue weighted by Crippen LogP contribution is -2.30. The molecule has 0 saturated carbocycles. The minimum Gasteiger partial charge on any atom is -0.481 e. The summed E-state index contributed by atoms with van der Waals surface area (Å²) in [5, 5.41) is 5.96. The van der Waals surface area contributed by atoms with Crippen LogP contribution in [0.15, 0.2) is 60.7 Å². The van der Waals surface area contributed by atoms with Crippen molar-refractivity contribution in [3.63, 3.8) is 0 Å². The van der Waals surface area contributed by atoms with Crippen molar-refractivity contribution in [2.75, 3.05) is 5.32 Å². The molecule has 1 aromatic heterocycles. The van der Waals surface area contributed by atoms with Crippen molar-refractivity contribution in [3.05, 3.63) is 71.2 Å². The molecule has 4 rings (SSSR count). The molecule has 0 aliphatic rings. The summed E-state index contributed by atoms with van der Waals surface area (Å²) < 4.78 is 8.07. The number of benzene rings is 3. The van der Waals surface area contributed by atoms with Gasteiger partial charge in [-0.05, 0) is 68.8 Å². The summed E-state index contributed by atoms with van der Waals surface area (Å²) in [5.74, 6) is 0.423. The average molecular weight is 407 g/mol. The molecule has 0 radical (unpaired) electrons. The molecule has 4 aromatic rings. The van der Waals surface area contributed by atoms with Gasteiger partial charge in [0.1, 0.15) is 5.75 Å². The number of rotatable bonds is 5. The fraction of sp³-hybridized carbons (Fsp3) is 0.208. The van der Waals surface area contributed by atoms with Gasteiger partial charge in [-0.2, -0.15) is 0 Å². The Bertz CT molecular complexity index is 1210. The predicted octanol–water partition coefficient (Wildman–Crippen LogP) is 6.18. The van der Waals surface area contributed by atoms with Gasteiger partial charge >= 0.3 is 0 Å². The van der Waals surface area contributed by atoms with Gasteiger partial charge in [-0.3, -0.25) is 4.79 Å². The standard InChI is InChI=1S/C24H23ClN2O2/c1-4-27-22-8-6-5-7-19(22)20-14-17(9-12-23(20)27)26-24(28)16(3)29-18-10-11-21(25)15(2)13-18/h5-14,16H,4H2,1-3H3,(H,26,28)/t16-/m0/s1. The number of amides is 1. The summed E-state index contributed by atoms with van der Waals surface area (Å²) in [5.41, 5.74) is 4.02. The Balaban J connectivity index is 1.57. The minimum atomic E-state index is -0.636. The number of fused-ring (bicyclic) bond motifs is 3. The van der Waals surface area contributed by atoms with Gasteiger partial charge in [0.25, 0.3) is 5.91 Å². The number of nitrogens with zero attached hydrogens (tertiary/aromatic N) is 1. The highest BCUT2D eigenvalue weighted by atomic mass is 35.5. The zero-order valence-corrected chi connectivity index (χ0v) is 17.5. The van der Waals surface area contributed by atoms with Crippen LogP contribution in [0.2, 0.25) is 5.02 Å². The molecule has 0 aliphatic heterocycles. The van der Waals surface area contributed by atoms with Crippen LogP contribution >= 0.6 is 11.6 Å². The summed E-state index contributed by atoms with van der Waals surface area (Å²) in [6.45, 7) is 6.67. The van der Waals surface area contributed by atoms with Gasteiger partial charge in [0.15, 0.2) is 6.10 Å². The van der Waals surface area contributed by atoms with E-state index < -0.39 is 6.10 Å². The molecule has 0 saturated heterocycles. The smallest absolute Gasteiger partial charge is 0.265 e. The first-order chi connectivity index (χ1) is 14.0. The number of ether oxygens (including phenoxy) is 1. The maximum absolute atomic E-state index is 12.7. The average Bonchev–Trinajstić information content (AvgIpc) is 3.03. The number of carbonyl (C=O) groups excluding carboxylic acids is 1. The van der Waals surface area contributed by atoms with Crippen LogP contribution in [-0.2, 0) is 11.3 Å². The summed E-state index contributed by atoms with van der Waals surface area (Å²) in [7, 11) is 0. The maximum atomic E-state index is 12.7. The number of anilines is 1. The molecule has 0 aliphatic carbocycles. The van der Waals surface area contributed by atoms with E-state index in [0.717, 1.165) is 28.7 Å². The number of halogens is 1. The van der Waals surface area contributed by atoms with Crippen LogP contribution in [0.5, 0.6) is 5.75 Å². The Labute approximate surface area is 175 Å². The van der Waals surface area contributed by atoms with Crippen LogP contribution in [-0.4, -0.2) is 16.6 Å². The second-order valence-corrected chi connectivity index (χ2v) is 7.56. The normalized spacial score (nSPS) is 12.3. The van der Waals surface area contributed by atoms with Crippen LogP contribution < -0.4 is 10.1 Å². The van der Waals surface area contributed by atoms with Gasteiger partial charge in [-0.25, -0.2) is 0 Å². The number of carbonyl (C=O) groups is 1. The first-order valence-electron chi connectivity index (χ1n) is 9.72. The quantitative estimate of drug-likeness (QED) is 0.430. The summed E-state index contributed by atoms with van der Waals surface area (Å²) >= 11 is 6.05. The van der Waals surface area contributed by atoms with Gasteiger partial charge in [0.05, 0.1) is 0 Å². The molecule has 1 atom stereocenters. The van der Waals surface area contributed by atoms with E-state index >= 15 is 0 Å². The van der Waals surface area contributed by atoms with Gasteiger partial charge in [0.2, 0.25) is 0 Å². The van der Waals surface area contributed by atoms with Crippen LogP contribution in [0.25, 0.3) is 21.8 Å². The monoisotopic (exact) mass is 406 g/mol. The van der Waals surface area contributed by atoms with Gasteiger partial charge in [-0.15, -0.1) is 0 Å². The summed E-state index contributed by atoms with van der Waals surface area (Å²) in [6.07, 6.45) is -0.636. The van der Waals surface area contributed by atoms with E-state index in [4.69, 9.17) is 16.3 Å². The lowest BCUT2D eigenvalue weighted by atomic mass is 10.1. The Morgan fingerprint density at radius 2 is 1.83 bits per heavy atom. The lowest BCUT2D eigenvalue weighted by molar-refractivity contribution is -0.122. The third-order valence-corrected chi connectivity index (χ3v) is 5.59. The molecular weight excluding hydrogens is 384 g/mol. The van der Waals surface area contributed by atoms with Crippen molar-refractivity contribution in [2.45, 2.75) is 33.4 Å². The first-order valence-corrected chi connectivity index (χ1v) is 10.1. The SMILES string of the molecule is CCn1c2ccccc2c2cc(NC(=O)[C@H](C)Oc3ccc(Cl)c(C)c3)ccc21. The van der Waals surface area contributed by atoms with Crippen LogP contribution in [0.1, 0.15) is 19.4 Å². The number of hydrogen-bond acceptors (Lipinski definition) is 2. The molecule has 3 aromatic carbocycles. The second kappa shape index (κ2) is 7.80. The molecule has 1 amide bonds. The second-order valence-electron chi connectivity index (χ2n) is 7.15. The third kappa shape index (κ3) is 3.68. The van der Waals surface area contributed by atoms with E-state index in [1.54, 1.807) is 19.1 Å². The van der Waals surface area contributed by atoms with Crippen LogP contribution in [0.4, 0.5) is 5.69 Å². The van der Waals surface area contributed by atoms with E-state index in [2.05, 4.69) is 35.0 Å². The Morgan fingerprint density at radius 3 is 2.59 bits per heavy atom. The fourth-order valence-electron chi connectivity index (χ4n) is 3.66. The van der Waals surface area contributed by atoms with Crippen LogP contribution in [0, 0.1) is 6.92 Å². The van der Waals surface area contributed by atoms with Crippen molar-refractivity contribution in [1.29, 1.82) is 0 Å². The number of hydrogen-bond donors (Lipinski definition) is 1. The number of aryl methyl sites for hydroxylation is 2. The maximum Gasteiger partial charge on any atom is 0.265 e. The zero-order chi connectivity index (χ0) is 20.5.